The van der Waals surface area contributed by atoms with E-state index in [1.165, 1.54) is 30.5 Å². The Morgan fingerprint density at radius 3 is 2.84 bits per heavy atom. The van der Waals surface area contributed by atoms with Crippen molar-refractivity contribution in [2.45, 2.75) is 38.8 Å². The number of nitrogens with two attached hydrogens (primary N) is 1. The zero-order chi connectivity index (χ0) is 13.5. The van der Waals surface area contributed by atoms with Gasteiger partial charge in [0.1, 0.15) is 0 Å². The van der Waals surface area contributed by atoms with E-state index in [0.29, 0.717) is 12.6 Å². The molecule has 1 unspecified atom stereocenters. The molecule has 0 bridgehead atoms. The van der Waals surface area contributed by atoms with E-state index >= 15 is 0 Å². The van der Waals surface area contributed by atoms with Gasteiger partial charge in [0.15, 0.2) is 0 Å². The number of nitrogens with zero attached hydrogens (tertiary/aromatic N) is 1. The molecule has 3 nitrogen and oxygen atoms in total. The number of ether oxygens (including phenoxy) is 1. The first-order chi connectivity index (χ1) is 9.33. The summed E-state index contributed by atoms with van der Waals surface area (Å²) in [6.07, 6.45) is 3.99. The lowest BCUT2D eigenvalue weighted by Gasteiger charge is -2.32. The molecule has 0 aromatic heterocycles. The molecule has 1 heterocycles. The SMILES string of the molecule is CCOC1CCCN(CCc2ccccc2CN)C1. The topological polar surface area (TPSA) is 38.5 Å². The first-order valence-corrected chi connectivity index (χ1v) is 7.44. The maximum atomic E-state index is 5.79. The molecule has 1 fully saturated rings. The van der Waals surface area contributed by atoms with Crippen LogP contribution >= 0.6 is 0 Å². The van der Waals surface area contributed by atoms with Gasteiger partial charge in [-0.3, -0.25) is 0 Å². The van der Waals surface area contributed by atoms with Crippen LogP contribution < -0.4 is 5.73 Å². The number of benzene rings is 1. The Balaban J connectivity index is 1.84. The molecule has 0 spiro atoms. The first kappa shape index (κ1) is 14.5. The summed E-state index contributed by atoms with van der Waals surface area (Å²) in [7, 11) is 0. The van der Waals surface area contributed by atoms with Crippen LogP contribution in [0.4, 0.5) is 0 Å². The minimum absolute atomic E-state index is 0.434. The molecule has 2 N–H and O–H groups in total. The molecule has 0 saturated carbocycles. The molecule has 0 aliphatic carbocycles. The van der Waals surface area contributed by atoms with Crippen molar-refractivity contribution >= 4 is 0 Å². The van der Waals surface area contributed by atoms with Gasteiger partial charge in [-0.25, -0.2) is 0 Å². The predicted octanol–water partition coefficient (Wildman–Crippen LogP) is 2.19. The Bertz CT molecular complexity index is 379. The Labute approximate surface area is 116 Å². The van der Waals surface area contributed by atoms with Gasteiger partial charge in [0, 0.05) is 26.2 Å². The molecule has 1 atom stereocenters. The van der Waals surface area contributed by atoms with Gasteiger partial charge in [-0.1, -0.05) is 24.3 Å². The van der Waals surface area contributed by atoms with Crippen molar-refractivity contribution in [3.63, 3.8) is 0 Å². The summed E-state index contributed by atoms with van der Waals surface area (Å²) >= 11 is 0. The van der Waals surface area contributed by atoms with Crippen LogP contribution in [0, 0.1) is 0 Å². The fourth-order valence-electron chi connectivity index (χ4n) is 2.87. The van der Waals surface area contributed by atoms with E-state index in [-0.39, 0.29) is 0 Å². The van der Waals surface area contributed by atoms with Gasteiger partial charge in [-0.2, -0.15) is 0 Å². The van der Waals surface area contributed by atoms with E-state index in [4.69, 9.17) is 10.5 Å². The van der Waals surface area contributed by atoms with E-state index in [1.807, 2.05) is 0 Å². The molecule has 0 radical (unpaired) electrons. The monoisotopic (exact) mass is 262 g/mol. The highest BCUT2D eigenvalue weighted by Gasteiger charge is 2.19. The number of hydrogen-bond acceptors (Lipinski definition) is 3. The maximum absolute atomic E-state index is 5.79. The molecule has 2 rings (SSSR count). The molecule has 3 heteroatoms. The summed E-state index contributed by atoms with van der Waals surface area (Å²) in [5.41, 5.74) is 8.46. The lowest BCUT2D eigenvalue weighted by molar-refractivity contribution is 0.00631. The van der Waals surface area contributed by atoms with Gasteiger partial charge in [-0.15, -0.1) is 0 Å². The van der Waals surface area contributed by atoms with Gasteiger partial charge in [-0.05, 0) is 43.9 Å². The molecule has 106 valence electrons. The van der Waals surface area contributed by atoms with Crippen molar-refractivity contribution in [2.75, 3.05) is 26.2 Å². The van der Waals surface area contributed by atoms with Gasteiger partial charge in [0.05, 0.1) is 6.10 Å². The van der Waals surface area contributed by atoms with Crippen LogP contribution in [0.15, 0.2) is 24.3 Å². The Kier molecular flexibility index (Phi) is 5.83. The van der Waals surface area contributed by atoms with Gasteiger partial charge in [0.25, 0.3) is 0 Å². The van der Waals surface area contributed by atoms with Crippen LogP contribution in [-0.2, 0) is 17.7 Å². The summed E-state index contributed by atoms with van der Waals surface area (Å²) < 4.78 is 5.75. The highest BCUT2D eigenvalue weighted by Crippen LogP contribution is 2.15. The third-order valence-electron chi connectivity index (χ3n) is 3.90. The summed E-state index contributed by atoms with van der Waals surface area (Å²) in [6, 6.07) is 8.51. The van der Waals surface area contributed by atoms with E-state index in [1.54, 1.807) is 0 Å². The molecule has 0 amide bonds. The normalized spacial score (nSPS) is 20.6. The second-order valence-electron chi connectivity index (χ2n) is 5.24. The van der Waals surface area contributed by atoms with Crippen molar-refractivity contribution < 1.29 is 4.74 Å². The third kappa shape index (κ3) is 4.30. The van der Waals surface area contributed by atoms with E-state index < -0.39 is 0 Å². The van der Waals surface area contributed by atoms with Crippen LogP contribution in [0.25, 0.3) is 0 Å². The van der Waals surface area contributed by atoms with Crippen LogP contribution in [0.2, 0.25) is 0 Å². The minimum atomic E-state index is 0.434. The lowest BCUT2D eigenvalue weighted by atomic mass is 10.0. The van der Waals surface area contributed by atoms with E-state index in [0.717, 1.165) is 26.1 Å². The average Bonchev–Trinajstić information content (AvgIpc) is 2.46. The molecule has 1 aromatic carbocycles. The van der Waals surface area contributed by atoms with Crippen molar-refractivity contribution in [2.24, 2.45) is 5.73 Å². The summed E-state index contributed by atoms with van der Waals surface area (Å²) in [5.74, 6) is 0. The number of hydrogen-bond donors (Lipinski definition) is 1. The van der Waals surface area contributed by atoms with Crippen LogP contribution in [0.1, 0.15) is 30.9 Å². The maximum Gasteiger partial charge on any atom is 0.0702 e. The zero-order valence-electron chi connectivity index (χ0n) is 12.0. The molecule has 1 aliphatic heterocycles. The molecular formula is C16H26N2O. The quantitative estimate of drug-likeness (QED) is 0.854. The van der Waals surface area contributed by atoms with E-state index in [2.05, 4.69) is 36.1 Å². The Hall–Kier alpha value is -0.900. The average molecular weight is 262 g/mol. The predicted molar refractivity (Wildman–Crippen MR) is 79.1 cm³/mol. The number of piperidine rings is 1. The van der Waals surface area contributed by atoms with Gasteiger partial charge < -0.3 is 15.4 Å². The summed E-state index contributed by atoms with van der Waals surface area (Å²) in [5, 5.41) is 0. The molecule has 1 saturated heterocycles. The second-order valence-corrected chi connectivity index (χ2v) is 5.24. The van der Waals surface area contributed by atoms with Crippen LogP contribution in [-0.4, -0.2) is 37.2 Å². The fraction of sp³-hybridized carbons (Fsp3) is 0.625. The van der Waals surface area contributed by atoms with Crippen molar-refractivity contribution in [1.29, 1.82) is 0 Å². The fourth-order valence-corrected chi connectivity index (χ4v) is 2.87. The first-order valence-electron chi connectivity index (χ1n) is 7.44. The highest BCUT2D eigenvalue weighted by molar-refractivity contribution is 5.27. The van der Waals surface area contributed by atoms with E-state index in [9.17, 15) is 0 Å². The standard InChI is InChI=1S/C16H26N2O/c1-2-19-16-8-5-10-18(13-16)11-9-14-6-3-4-7-15(14)12-17/h3-4,6-7,16H,2,5,8-13,17H2,1H3. The number of likely N-dealkylation sites (tertiary alicyclic amines) is 1. The largest absolute Gasteiger partial charge is 0.377 e. The van der Waals surface area contributed by atoms with Gasteiger partial charge in [0.2, 0.25) is 0 Å². The van der Waals surface area contributed by atoms with Crippen molar-refractivity contribution in [1.82, 2.24) is 4.90 Å². The van der Waals surface area contributed by atoms with Crippen LogP contribution in [0.5, 0.6) is 0 Å². The molecule has 1 aliphatic rings. The van der Waals surface area contributed by atoms with Crippen LogP contribution in [0.3, 0.4) is 0 Å². The zero-order valence-corrected chi connectivity index (χ0v) is 12.0. The van der Waals surface area contributed by atoms with Crippen molar-refractivity contribution in [3.05, 3.63) is 35.4 Å². The third-order valence-corrected chi connectivity index (χ3v) is 3.90. The van der Waals surface area contributed by atoms with Gasteiger partial charge >= 0.3 is 0 Å². The summed E-state index contributed by atoms with van der Waals surface area (Å²) in [4.78, 5) is 2.52. The molecular weight excluding hydrogens is 236 g/mol. The Morgan fingerprint density at radius 1 is 1.32 bits per heavy atom. The highest BCUT2D eigenvalue weighted by atomic mass is 16.5. The lowest BCUT2D eigenvalue weighted by Crippen LogP contribution is -2.40. The second kappa shape index (κ2) is 7.63. The Morgan fingerprint density at radius 2 is 2.11 bits per heavy atom. The molecule has 1 aromatic rings. The van der Waals surface area contributed by atoms with Crippen molar-refractivity contribution in [3.8, 4) is 0 Å². The minimum Gasteiger partial charge on any atom is -0.377 e. The summed E-state index contributed by atoms with van der Waals surface area (Å²) in [6.45, 7) is 6.94. The smallest absolute Gasteiger partial charge is 0.0702 e. The molecule has 19 heavy (non-hydrogen) atoms. The number of rotatable bonds is 6.